The van der Waals surface area contributed by atoms with Gasteiger partial charge in [-0.15, -0.1) is 0 Å². The summed E-state index contributed by atoms with van der Waals surface area (Å²) in [6.45, 7) is 6.30. The molecule has 0 aliphatic carbocycles. The Morgan fingerprint density at radius 3 is 1.23 bits per heavy atom. The molecule has 0 aromatic carbocycles. The molecule has 0 aromatic heterocycles. The molecule has 0 saturated carbocycles. The van der Waals surface area contributed by atoms with Crippen LogP contribution in [-0.4, -0.2) is 46.7 Å². The molecule has 0 bridgehead atoms. The molecule has 0 spiro atoms. The molecule has 0 radical (unpaired) electrons. The second kappa shape index (κ2) is 16.6. The number of hydrogen-bond donors (Lipinski definition) is 6. The van der Waals surface area contributed by atoms with E-state index in [4.69, 9.17) is 2.82 Å². The minimum Gasteiger partial charge on any atom is -0.344 e. The van der Waals surface area contributed by atoms with E-state index in [1.165, 1.54) is 0 Å². The number of ketones is 4. The summed E-state index contributed by atoms with van der Waals surface area (Å²) in [5.74, 6) is -2.35. The van der Waals surface area contributed by atoms with Gasteiger partial charge in [-0.05, 0) is 0 Å². The highest BCUT2D eigenvalue weighted by molar-refractivity contribution is 7.80. The van der Waals surface area contributed by atoms with Gasteiger partial charge >= 0.3 is 0 Å². The monoisotopic (exact) mass is 360 g/mol. The van der Waals surface area contributed by atoms with Crippen molar-refractivity contribution in [1.82, 2.24) is 23.1 Å². The summed E-state index contributed by atoms with van der Waals surface area (Å²) in [4.78, 5) is 44.6. The van der Waals surface area contributed by atoms with Crippen molar-refractivity contribution in [3.63, 3.8) is 0 Å². The minimum atomic E-state index is -0.854. The maximum atomic E-state index is 11.4. The molecule has 132 valence electrons. The Kier molecular flexibility index (Phi) is 17.7. The molecule has 10 heteroatoms. The Morgan fingerprint density at radius 2 is 1.09 bits per heavy atom. The van der Waals surface area contributed by atoms with Crippen molar-refractivity contribution in [2.75, 3.05) is 11.5 Å². The summed E-state index contributed by atoms with van der Waals surface area (Å²) in [6.07, 6.45) is 7.50. The minimum absolute atomic E-state index is 0.0823. The lowest BCUT2D eigenvalue weighted by Gasteiger charge is -2.19. The van der Waals surface area contributed by atoms with Gasteiger partial charge in [0.1, 0.15) is 2.82 Å². The summed E-state index contributed by atoms with van der Waals surface area (Å²) in [6, 6.07) is -1.71. The zero-order chi connectivity index (χ0) is 20.3. The highest BCUT2D eigenvalue weighted by Gasteiger charge is 2.25. The fraction of sp³-hybridized carbons (Fsp3) is 0.667. The third-order valence-electron chi connectivity index (χ3n) is 2.12. The number of carbonyl (C=O) groups excluding carboxylic acids is 4. The molecule has 0 amide bonds. The van der Waals surface area contributed by atoms with Crippen molar-refractivity contribution in [3.8, 4) is 0 Å². The van der Waals surface area contributed by atoms with Crippen molar-refractivity contribution >= 4 is 48.4 Å². The van der Waals surface area contributed by atoms with Crippen LogP contribution in [0.25, 0.3) is 0 Å². The quantitative estimate of drug-likeness (QED) is 0.195. The highest BCUT2D eigenvalue weighted by Crippen LogP contribution is 1.94. The fourth-order valence-electron chi connectivity index (χ4n) is 1.08. The third kappa shape index (κ3) is 10.9. The van der Waals surface area contributed by atoms with Crippen LogP contribution in [0.3, 0.4) is 0 Å². The molecule has 8 N–H and O–H groups in total. The second-order valence-corrected chi connectivity index (χ2v) is 4.33. The first kappa shape index (κ1) is 23.5. The third-order valence-corrected chi connectivity index (χ3v) is 2.85. The molecule has 0 saturated heterocycles. The number of hydrazine groups is 1. The molecule has 0 aromatic rings. The van der Waals surface area contributed by atoms with Crippen molar-refractivity contribution < 1.29 is 22.0 Å². The van der Waals surface area contributed by atoms with Gasteiger partial charge in [-0.25, -0.2) is 10.9 Å². The lowest BCUT2D eigenvalue weighted by atomic mass is 10.1. The van der Waals surface area contributed by atoms with E-state index in [1.54, 1.807) is 0 Å². The van der Waals surface area contributed by atoms with Crippen LogP contribution >= 0.6 is 25.3 Å². The SMILES string of the molecule is CC.CC(=O)C(=O)[C@H](CS)NN[C@@H](CS)C(=O)C(C)=O.[3H]N.[3H]N. The van der Waals surface area contributed by atoms with Gasteiger partial charge in [0.2, 0.25) is 11.6 Å². The number of Topliss-reactive ketones (excluding diaryl/α,β-unsaturated/α-hetero) is 4. The molecule has 0 unspecified atom stereocenters. The molecule has 0 fully saturated rings. The molecule has 2 atom stereocenters. The first-order valence-corrected chi connectivity index (χ1v) is 7.44. The van der Waals surface area contributed by atoms with Crippen LogP contribution in [0.1, 0.15) is 27.7 Å². The average molecular weight is 361 g/mol. The summed E-state index contributed by atoms with van der Waals surface area (Å²) in [7, 11) is 0. The van der Waals surface area contributed by atoms with Crippen LogP contribution in [0.2, 0.25) is 2.82 Å². The van der Waals surface area contributed by atoms with Gasteiger partial charge in [-0.1, -0.05) is 13.8 Å². The Morgan fingerprint density at radius 1 is 0.864 bits per heavy atom. The van der Waals surface area contributed by atoms with E-state index in [0.29, 0.717) is 0 Å². The lowest BCUT2D eigenvalue weighted by Crippen LogP contribution is -2.55. The average Bonchev–Trinajstić information content (AvgIpc) is 2.62. The van der Waals surface area contributed by atoms with Crippen LogP contribution in [-0.2, 0) is 19.2 Å². The first-order valence-electron chi connectivity index (χ1n) is 7.32. The molecule has 8 nitrogen and oxygen atoms in total. The van der Waals surface area contributed by atoms with E-state index >= 15 is 0 Å². The van der Waals surface area contributed by atoms with Gasteiger partial charge in [0.15, 0.2) is 11.6 Å². The van der Waals surface area contributed by atoms with Gasteiger partial charge in [0.25, 0.3) is 0 Å². The van der Waals surface area contributed by atoms with Crippen LogP contribution in [0.4, 0.5) is 0 Å². The topological polar surface area (TPSA) is 162 Å². The van der Waals surface area contributed by atoms with Gasteiger partial charge in [-0.3, -0.25) is 19.2 Å². The fourth-order valence-corrected chi connectivity index (χ4v) is 1.59. The normalized spacial score (nSPS) is 12.2. The molecular weight excluding hydrogens is 328 g/mol. The molecule has 0 aliphatic rings. The summed E-state index contributed by atoms with van der Waals surface area (Å²) < 4.78 is 10.5. The number of rotatable bonds is 9. The molecule has 0 aliphatic heterocycles. The van der Waals surface area contributed by atoms with E-state index in [2.05, 4.69) is 48.4 Å². The predicted octanol–water partition coefficient (Wildman–Crippen LogP) is 0.344. The van der Waals surface area contributed by atoms with Crippen LogP contribution in [0, 0.1) is 0 Å². The summed E-state index contributed by atoms with van der Waals surface area (Å²) in [5, 5.41) is 0. The maximum Gasteiger partial charge on any atom is 0.217 e. The summed E-state index contributed by atoms with van der Waals surface area (Å²) in [5.41, 5.74) is 5.04. The number of hydrogen-bond acceptors (Lipinski definition) is 10. The van der Waals surface area contributed by atoms with Crippen molar-refractivity contribution in [2.45, 2.75) is 39.8 Å². The Labute approximate surface area is 145 Å². The Bertz CT molecular complexity index is 343. The van der Waals surface area contributed by atoms with Gasteiger partial charge in [0, 0.05) is 25.4 Å². The van der Waals surface area contributed by atoms with E-state index in [-0.39, 0.29) is 11.5 Å². The van der Waals surface area contributed by atoms with Gasteiger partial charge in [-0.2, -0.15) is 25.3 Å². The molecular formula is C12H28N4O4S2. The van der Waals surface area contributed by atoms with E-state index in [1.807, 2.05) is 13.8 Å². The molecule has 0 heterocycles. The van der Waals surface area contributed by atoms with Crippen LogP contribution in [0.5, 0.6) is 0 Å². The zero-order valence-corrected chi connectivity index (χ0v) is 15.0. The number of carbonyl (C=O) groups is 4. The second-order valence-electron chi connectivity index (χ2n) is 3.60. The Hall–Kier alpha value is -0.780. The largest absolute Gasteiger partial charge is 0.344 e. The standard InChI is InChI=1S/C10H16N2O4S2.C2H6.2H3N/c1-5(13)9(15)7(3-17)11-12-8(4-18)10(16)6(2)14;1-2;;/h7-8,11-12,17-18H,3-4H2,1-2H3;1-2H3;2*1H3/t7-,8-;;;/m0.../s1/i/hT2. The van der Waals surface area contributed by atoms with Crippen LogP contribution < -0.4 is 23.1 Å². The first-order chi connectivity index (χ1) is 11.3. The van der Waals surface area contributed by atoms with E-state index in [0.717, 1.165) is 13.8 Å². The molecule has 22 heavy (non-hydrogen) atoms. The van der Waals surface area contributed by atoms with E-state index in [9.17, 15) is 19.2 Å². The smallest absolute Gasteiger partial charge is 0.217 e. The maximum absolute atomic E-state index is 11.4. The summed E-state index contributed by atoms with van der Waals surface area (Å²) >= 11 is 7.85. The van der Waals surface area contributed by atoms with Gasteiger partial charge < -0.3 is 12.3 Å². The van der Waals surface area contributed by atoms with Crippen molar-refractivity contribution in [3.05, 3.63) is 0 Å². The van der Waals surface area contributed by atoms with Crippen LogP contribution in [0.15, 0.2) is 0 Å². The zero-order valence-electron chi connectivity index (χ0n) is 15.3. The van der Waals surface area contributed by atoms with E-state index < -0.39 is 35.2 Å². The number of nitrogens with one attached hydrogen (secondary N) is 2. The molecule has 0 rings (SSSR count). The lowest BCUT2D eigenvalue weighted by molar-refractivity contribution is -0.137. The van der Waals surface area contributed by atoms with Gasteiger partial charge in [0.05, 0.1) is 12.1 Å². The Balaban J connectivity index is -0.000000297. The van der Waals surface area contributed by atoms with Crippen molar-refractivity contribution in [1.29, 1.82) is 0 Å². The predicted molar refractivity (Wildman–Crippen MR) is 94.3 cm³/mol. The van der Waals surface area contributed by atoms with Crippen molar-refractivity contribution in [2.24, 2.45) is 0 Å². The highest BCUT2D eigenvalue weighted by atomic mass is 32.1. The number of thiol groups is 2.